The summed E-state index contributed by atoms with van der Waals surface area (Å²) >= 11 is 0. The molecule has 0 aliphatic heterocycles. The molecule has 0 fully saturated rings. The van der Waals surface area contributed by atoms with E-state index in [9.17, 15) is 0 Å². The fourth-order valence-electron chi connectivity index (χ4n) is 2.04. The molecule has 1 heterocycles. The van der Waals surface area contributed by atoms with Crippen LogP contribution in [0.15, 0.2) is 34.9 Å². The van der Waals surface area contributed by atoms with E-state index in [1.807, 2.05) is 32.0 Å². The van der Waals surface area contributed by atoms with Crippen molar-refractivity contribution in [3.63, 3.8) is 0 Å². The van der Waals surface area contributed by atoms with Gasteiger partial charge in [-0.3, -0.25) is 0 Å². The van der Waals surface area contributed by atoms with Crippen molar-refractivity contribution in [3.05, 3.63) is 47.6 Å². The molecule has 0 bridgehead atoms. The van der Waals surface area contributed by atoms with Gasteiger partial charge in [0.25, 0.3) is 0 Å². The highest BCUT2D eigenvalue weighted by atomic mass is 16.5. The minimum absolute atomic E-state index is 0.188. The summed E-state index contributed by atoms with van der Waals surface area (Å²) in [4.78, 5) is 4.35. The van der Waals surface area contributed by atoms with Gasteiger partial charge in [0.1, 0.15) is 0 Å². The summed E-state index contributed by atoms with van der Waals surface area (Å²) in [6.07, 6.45) is 0.807. The predicted molar refractivity (Wildman–Crippen MR) is 74.8 cm³/mol. The van der Waals surface area contributed by atoms with Gasteiger partial charge in [-0.2, -0.15) is 4.98 Å². The molecule has 2 N–H and O–H groups in total. The van der Waals surface area contributed by atoms with Gasteiger partial charge in [-0.1, -0.05) is 56.3 Å². The standard InChI is InChI=1S/C15H21N3O/c1-10(2)15-17-14(18-19-15)13(16)9-11(3)12-7-5-4-6-8-12/h4-8,10-11,13H,9,16H2,1-3H3. The zero-order valence-electron chi connectivity index (χ0n) is 11.7. The van der Waals surface area contributed by atoms with Crippen molar-refractivity contribution in [1.29, 1.82) is 0 Å². The van der Waals surface area contributed by atoms with Crippen LogP contribution in [0.3, 0.4) is 0 Å². The summed E-state index contributed by atoms with van der Waals surface area (Å²) < 4.78 is 5.19. The summed E-state index contributed by atoms with van der Waals surface area (Å²) in [6.45, 7) is 6.21. The fourth-order valence-corrected chi connectivity index (χ4v) is 2.04. The third-order valence-electron chi connectivity index (χ3n) is 3.26. The lowest BCUT2D eigenvalue weighted by Crippen LogP contribution is -2.15. The summed E-state index contributed by atoms with van der Waals surface area (Å²) in [5.74, 6) is 1.86. The van der Waals surface area contributed by atoms with Crippen LogP contribution >= 0.6 is 0 Å². The Morgan fingerprint density at radius 3 is 2.42 bits per heavy atom. The molecule has 0 aliphatic rings. The number of nitrogens with zero attached hydrogens (tertiary/aromatic N) is 2. The van der Waals surface area contributed by atoms with E-state index < -0.39 is 0 Å². The Morgan fingerprint density at radius 1 is 1.16 bits per heavy atom. The van der Waals surface area contributed by atoms with E-state index in [2.05, 4.69) is 29.2 Å². The van der Waals surface area contributed by atoms with Crippen LogP contribution in [0.4, 0.5) is 0 Å². The quantitative estimate of drug-likeness (QED) is 0.893. The molecule has 2 unspecified atom stereocenters. The van der Waals surface area contributed by atoms with Crippen LogP contribution in [-0.2, 0) is 0 Å². The Balaban J connectivity index is 2.02. The average Bonchev–Trinajstić information content (AvgIpc) is 2.89. The lowest BCUT2D eigenvalue weighted by molar-refractivity contribution is 0.356. The van der Waals surface area contributed by atoms with Crippen molar-refractivity contribution in [2.24, 2.45) is 5.73 Å². The normalized spacial score (nSPS) is 14.6. The molecule has 0 saturated heterocycles. The molecule has 2 rings (SSSR count). The Kier molecular flexibility index (Phi) is 4.32. The molecular weight excluding hydrogens is 238 g/mol. The highest BCUT2D eigenvalue weighted by Crippen LogP contribution is 2.25. The minimum Gasteiger partial charge on any atom is -0.339 e. The van der Waals surface area contributed by atoms with Gasteiger partial charge in [-0.25, -0.2) is 0 Å². The first kappa shape index (κ1) is 13.7. The molecule has 1 aromatic heterocycles. The Morgan fingerprint density at radius 2 is 1.84 bits per heavy atom. The van der Waals surface area contributed by atoms with Crippen molar-refractivity contribution < 1.29 is 4.52 Å². The summed E-state index contributed by atoms with van der Waals surface area (Å²) in [6, 6.07) is 10.2. The molecule has 0 amide bonds. The van der Waals surface area contributed by atoms with E-state index in [1.165, 1.54) is 5.56 Å². The summed E-state index contributed by atoms with van der Waals surface area (Å²) in [5, 5.41) is 3.97. The molecule has 0 saturated carbocycles. The first-order chi connectivity index (χ1) is 9.08. The summed E-state index contributed by atoms with van der Waals surface area (Å²) in [7, 11) is 0. The molecular formula is C15H21N3O. The van der Waals surface area contributed by atoms with Crippen LogP contribution < -0.4 is 5.73 Å². The number of aromatic nitrogens is 2. The summed E-state index contributed by atoms with van der Waals surface area (Å²) in [5.41, 5.74) is 7.44. The SMILES string of the molecule is CC(C)c1nc(C(N)CC(C)c2ccccc2)no1. The van der Waals surface area contributed by atoms with Gasteiger partial charge >= 0.3 is 0 Å². The molecule has 0 radical (unpaired) electrons. The molecule has 4 nitrogen and oxygen atoms in total. The average molecular weight is 259 g/mol. The molecule has 0 spiro atoms. The molecule has 102 valence electrons. The number of hydrogen-bond acceptors (Lipinski definition) is 4. The third-order valence-corrected chi connectivity index (χ3v) is 3.26. The van der Waals surface area contributed by atoms with Crippen LogP contribution in [0.5, 0.6) is 0 Å². The topological polar surface area (TPSA) is 64.9 Å². The second-order valence-corrected chi connectivity index (χ2v) is 5.30. The van der Waals surface area contributed by atoms with Gasteiger partial charge in [-0.15, -0.1) is 0 Å². The second kappa shape index (κ2) is 5.97. The van der Waals surface area contributed by atoms with Gasteiger partial charge in [0.2, 0.25) is 5.89 Å². The van der Waals surface area contributed by atoms with Gasteiger partial charge in [0.05, 0.1) is 6.04 Å². The maximum absolute atomic E-state index is 6.16. The largest absolute Gasteiger partial charge is 0.339 e. The maximum Gasteiger partial charge on any atom is 0.229 e. The number of hydrogen-bond donors (Lipinski definition) is 1. The molecule has 2 atom stereocenters. The van der Waals surface area contributed by atoms with Crippen molar-refractivity contribution in [1.82, 2.24) is 10.1 Å². The zero-order valence-corrected chi connectivity index (χ0v) is 11.7. The molecule has 4 heteroatoms. The van der Waals surface area contributed by atoms with E-state index in [0.717, 1.165) is 6.42 Å². The maximum atomic E-state index is 6.16. The lowest BCUT2D eigenvalue weighted by Gasteiger charge is -2.14. The second-order valence-electron chi connectivity index (χ2n) is 5.30. The van der Waals surface area contributed by atoms with E-state index in [1.54, 1.807) is 0 Å². The molecule has 1 aromatic carbocycles. The van der Waals surface area contributed by atoms with Crippen molar-refractivity contribution >= 4 is 0 Å². The molecule has 2 aromatic rings. The minimum atomic E-state index is -0.188. The fraction of sp³-hybridized carbons (Fsp3) is 0.467. The van der Waals surface area contributed by atoms with Gasteiger partial charge in [0.15, 0.2) is 5.82 Å². The first-order valence-electron chi connectivity index (χ1n) is 6.72. The molecule has 0 aliphatic carbocycles. The van der Waals surface area contributed by atoms with Crippen molar-refractivity contribution in [2.75, 3.05) is 0 Å². The number of rotatable bonds is 5. The smallest absolute Gasteiger partial charge is 0.229 e. The lowest BCUT2D eigenvalue weighted by atomic mass is 9.94. The van der Waals surface area contributed by atoms with Gasteiger partial charge in [0, 0.05) is 5.92 Å². The first-order valence-corrected chi connectivity index (χ1v) is 6.72. The van der Waals surface area contributed by atoms with Gasteiger partial charge in [-0.05, 0) is 17.9 Å². The zero-order chi connectivity index (χ0) is 13.8. The molecule has 19 heavy (non-hydrogen) atoms. The number of benzene rings is 1. The van der Waals surface area contributed by atoms with E-state index in [4.69, 9.17) is 10.3 Å². The van der Waals surface area contributed by atoms with Crippen molar-refractivity contribution in [2.45, 2.75) is 45.1 Å². The Hall–Kier alpha value is -1.68. The predicted octanol–water partition coefficient (Wildman–Crippen LogP) is 3.39. The highest BCUT2D eigenvalue weighted by molar-refractivity contribution is 5.19. The highest BCUT2D eigenvalue weighted by Gasteiger charge is 2.19. The number of nitrogens with two attached hydrogens (primary N) is 1. The Bertz CT molecular complexity index is 507. The monoisotopic (exact) mass is 259 g/mol. The van der Waals surface area contributed by atoms with E-state index in [-0.39, 0.29) is 12.0 Å². The van der Waals surface area contributed by atoms with Crippen LogP contribution in [0.1, 0.15) is 62.3 Å². The van der Waals surface area contributed by atoms with Crippen molar-refractivity contribution in [3.8, 4) is 0 Å². The van der Waals surface area contributed by atoms with Crippen LogP contribution in [0.25, 0.3) is 0 Å². The van der Waals surface area contributed by atoms with Crippen LogP contribution in [0, 0.1) is 0 Å². The third kappa shape index (κ3) is 3.41. The van der Waals surface area contributed by atoms with E-state index in [0.29, 0.717) is 17.6 Å². The van der Waals surface area contributed by atoms with E-state index >= 15 is 0 Å². The van der Waals surface area contributed by atoms with Gasteiger partial charge < -0.3 is 10.3 Å². The Labute approximate surface area is 114 Å². The van der Waals surface area contributed by atoms with Crippen LogP contribution in [0.2, 0.25) is 0 Å². The van der Waals surface area contributed by atoms with Crippen LogP contribution in [-0.4, -0.2) is 10.1 Å².